The molecule has 1 aromatic rings. The molecule has 0 unspecified atom stereocenters. The summed E-state index contributed by atoms with van der Waals surface area (Å²) in [4.78, 5) is 11.7. The average Bonchev–Trinajstić information content (AvgIpc) is 2.52. The second kappa shape index (κ2) is 10.5. The molecule has 0 spiro atoms. The Labute approximate surface area is 131 Å². The van der Waals surface area contributed by atoms with E-state index in [-0.39, 0.29) is 5.91 Å². The molecule has 1 rings (SSSR count). The van der Waals surface area contributed by atoms with Crippen LogP contribution >= 0.6 is 12.6 Å². The Kier molecular flexibility index (Phi) is 8.89. The summed E-state index contributed by atoms with van der Waals surface area (Å²) in [5.74, 6) is 1.35. The van der Waals surface area contributed by atoms with Crippen molar-refractivity contribution in [1.82, 2.24) is 5.32 Å². The maximum atomic E-state index is 11.7. The molecule has 21 heavy (non-hydrogen) atoms. The van der Waals surface area contributed by atoms with Crippen molar-refractivity contribution in [2.75, 3.05) is 19.7 Å². The molecule has 0 aliphatic rings. The smallest absolute Gasteiger partial charge is 0.237 e. The second-order valence-corrected chi connectivity index (χ2v) is 5.15. The summed E-state index contributed by atoms with van der Waals surface area (Å²) in [5.41, 5.74) is 12.3. The van der Waals surface area contributed by atoms with Crippen LogP contribution in [0.15, 0.2) is 24.3 Å². The van der Waals surface area contributed by atoms with Crippen LogP contribution in [0.25, 0.3) is 0 Å². The van der Waals surface area contributed by atoms with E-state index in [2.05, 4.69) is 17.9 Å². The zero-order chi connectivity index (χ0) is 15.5. The molecular weight excluding hydrogens is 286 g/mol. The first-order valence-electron chi connectivity index (χ1n) is 7.23. The van der Waals surface area contributed by atoms with Crippen LogP contribution in [0.4, 0.5) is 0 Å². The maximum Gasteiger partial charge on any atom is 0.237 e. The van der Waals surface area contributed by atoms with Crippen LogP contribution in [-0.2, 0) is 10.5 Å². The topological polar surface area (TPSA) is 90.4 Å². The van der Waals surface area contributed by atoms with E-state index < -0.39 is 6.04 Å². The zero-order valence-electron chi connectivity index (χ0n) is 12.3. The lowest BCUT2D eigenvalue weighted by Gasteiger charge is -2.12. The highest BCUT2D eigenvalue weighted by Crippen LogP contribution is 2.12. The molecule has 1 amide bonds. The van der Waals surface area contributed by atoms with E-state index in [1.54, 1.807) is 0 Å². The minimum Gasteiger partial charge on any atom is -0.492 e. The number of rotatable bonds is 10. The lowest BCUT2D eigenvalue weighted by Crippen LogP contribution is -2.42. The lowest BCUT2D eigenvalue weighted by molar-refractivity contribution is -0.122. The zero-order valence-corrected chi connectivity index (χ0v) is 13.1. The number of hydrogen-bond donors (Lipinski definition) is 4. The Morgan fingerprint density at radius 2 is 2.00 bits per heavy atom. The van der Waals surface area contributed by atoms with Crippen LogP contribution in [0.3, 0.4) is 0 Å². The molecule has 0 aliphatic carbocycles. The summed E-state index contributed by atoms with van der Waals surface area (Å²) in [6.07, 6.45) is 2.43. The van der Waals surface area contributed by atoms with Gasteiger partial charge in [-0.1, -0.05) is 18.6 Å². The van der Waals surface area contributed by atoms with Crippen LogP contribution in [-0.4, -0.2) is 31.6 Å². The van der Waals surface area contributed by atoms with Gasteiger partial charge in [-0.05, 0) is 37.1 Å². The summed E-state index contributed by atoms with van der Waals surface area (Å²) >= 11 is 4.19. The summed E-state index contributed by atoms with van der Waals surface area (Å²) < 4.78 is 5.54. The fourth-order valence-corrected chi connectivity index (χ4v) is 2.02. The van der Waals surface area contributed by atoms with Gasteiger partial charge < -0.3 is 21.5 Å². The molecule has 0 radical (unpaired) electrons. The summed E-state index contributed by atoms with van der Waals surface area (Å²) in [6.45, 7) is 1.49. The fourth-order valence-electron chi connectivity index (χ4n) is 1.80. The first kappa shape index (κ1) is 17.8. The number of thiol groups is 1. The van der Waals surface area contributed by atoms with Crippen LogP contribution in [0.5, 0.6) is 5.75 Å². The van der Waals surface area contributed by atoms with Crippen molar-refractivity contribution in [2.45, 2.75) is 31.1 Å². The van der Waals surface area contributed by atoms with Crippen molar-refractivity contribution < 1.29 is 9.53 Å². The second-order valence-electron chi connectivity index (χ2n) is 4.83. The number of nitrogens with two attached hydrogens (primary N) is 2. The van der Waals surface area contributed by atoms with Crippen LogP contribution < -0.4 is 21.5 Å². The number of unbranched alkanes of at least 4 members (excludes halogenated alkanes) is 1. The molecule has 0 saturated carbocycles. The molecule has 5 N–H and O–H groups in total. The number of ether oxygens (including phenoxy) is 1. The molecule has 0 aromatic heterocycles. The predicted molar refractivity (Wildman–Crippen MR) is 88.5 cm³/mol. The third kappa shape index (κ3) is 7.36. The number of benzene rings is 1. The van der Waals surface area contributed by atoms with Crippen molar-refractivity contribution >= 4 is 18.5 Å². The Balaban J connectivity index is 2.16. The van der Waals surface area contributed by atoms with Gasteiger partial charge in [-0.25, -0.2) is 0 Å². The molecule has 1 atom stereocenters. The van der Waals surface area contributed by atoms with Crippen molar-refractivity contribution in [3.63, 3.8) is 0 Å². The maximum absolute atomic E-state index is 11.7. The predicted octanol–water partition coefficient (Wildman–Crippen LogP) is 1.07. The van der Waals surface area contributed by atoms with Gasteiger partial charge in [0, 0.05) is 5.75 Å². The van der Waals surface area contributed by atoms with Crippen LogP contribution in [0, 0.1) is 0 Å². The molecule has 0 aliphatic heterocycles. The number of carbonyl (C=O) groups is 1. The molecular formula is C15H25N3O2S. The van der Waals surface area contributed by atoms with Crippen molar-refractivity contribution in [3.05, 3.63) is 29.8 Å². The van der Waals surface area contributed by atoms with E-state index in [4.69, 9.17) is 16.2 Å². The van der Waals surface area contributed by atoms with Gasteiger partial charge in [0.15, 0.2) is 0 Å². The summed E-state index contributed by atoms with van der Waals surface area (Å²) in [6, 6.07) is 7.26. The first-order chi connectivity index (χ1) is 10.2. The van der Waals surface area contributed by atoms with E-state index in [0.717, 1.165) is 24.2 Å². The van der Waals surface area contributed by atoms with E-state index in [0.29, 0.717) is 31.9 Å². The van der Waals surface area contributed by atoms with Gasteiger partial charge in [0.1, 0.15) is 12.4 Å². The van der Waals surface area contributed by atoms with E-state index in [1.807, 2.05) is 24.3 Å². The molecule has 6 heteroatoms. The normalized spacial score (nSPS) is 12.0. The van der Waals surface area contributed by atoms with Crippen molar-refractivity contribution in [1.29, 1.82) is 0 Å². The van der Waals surface area contributed by atoms with E-state index >= 15 is 0 Å². The van der Waals surface area contributed by atoms with E-state index in [9.17, 15) is 4.79 Å². The van der Waals surface area contributed by atoms with Gasteiger partial charge in [-0.3, -0.25) is 4.79 Å². The molecule has 5 nitrogen and oxygen atoms in total. The molecule has 0 fully saturated rings. The van der Waals surface area contributed by atoms with Gasteiger partial charge in [0.2, 0.25) is 5.91 Å². The SMILES string of the molecule is NCCCC[C@@H](N)C(=O)NCCOc1ccc(CS)cc1. The molecule has 118 valence electrons. The number of amides is 1. The van der Waals surface area contributed by atoms with Gasteiger partial charge in [0.25, 0.3) is 0 Å². The lowest BCUT2D eigenvalue weighted by atomic mass is 10.1. The Morgan fingerprint density at radius 3 is 2.62 bits per heavy atom. The highest BCUT2D eigenvalue weighted by molar-refractivity contribution is 7.79. The first-order valence-corrected chi connectivity index (χ1v) is 7.86. The van der Waals surface area contributed by atoms with Gasteiger partial charge in [-0.15, -0.1) is 0 Å². The quantitative estimate of drug-likeness (QED) is 0.384. The average molecular weight is 311 g/mol. The molecule has 0 heterocycles. The number of nitrogens with one attached hydrogen (secondary N) is 1. The number of hydrogen-bond acceptors (Lipinski definition) is 5. The third-order valence-corrected chi connectivity index (χ3v) is 3.45. The summed E-state index contributed by atoms with van der Waals surface area (Å²) in [5, 5.41) is 2.77. The van der Waals surface area contributed by atoms with Crippen molar-refractivity contribution in [3.8, 4) is 5.75 Å². The van der Waals surface area contributed by atoms with Gasteiger partial charge in [-0.2, -0.15) is 12.6 Å². The third-order valence-electron chi connectivity index (χ3n) is 3.08. The standard InChI is InChI=1S/C15H25N3O2S/c16-8-2-1-3-14(17)15(19)18-9-10-20-13-6-4-12(11-21)5-7-13/h4-7,14,21H,1-3,8-11,16-17H2,(H,18,19)/t14-/m1/s1. The number of carbonyl (C=O) groups excluding carboxylic acids is 1. The monoisotopic (exact) mass is 311 g/mol. The largest absolute Gasteiger partial charge is 0.492 e. The molecule has 0 saturated heterocycles. The molecule has 1 aromatic carbocycles. The molecule has 0 bridgehead atoms. The Morgan fingerprint density at radius 1 is 1.29 bits per heavy atom. The highest BCUT2D eigenvalue weighted by Gasteiger charge is 2.11. The van der Waals surface area contributed by atoms with Crippen molar-refractivity contribution in [2.24, 2.45) is 11.5 Å². The Bertz CT molecular complexity index is 412. The van der Waals surface area contributed by atoms with Crippen LogP contribution in [0.1, 0.15) is 24.8 Å². The summed E-state index contributed by atoms with van der Waals surface area (Å²) in [7, 11) is 0. The minimum atomic E-state index is -0.466. The van der Waals surface area contributed by atoms with Crippen LogP contribution in [0.2, 0.25) is 0 Å². The fraction of sp³-hybridized carbons (Fsp3) is 0.533. The van der Waals surface area contributed by atoms with Gasteiger partial charge in [0.05, 0.1) is 12.6 Å². The van der Waals surface area contributed by atoms with Gasteiger partial charge >= 0.3 is 0 Å². The van der Waals surface area contributed by atoms with E-state index in [1.165, 1.54) is 0 Å². The Hall–Kier alpha value is -1.24. The highest BCUT2D eigenvalue weighted by atomic mass is 32.1. The minimum absolute atomic E-state index is 0.138.